The number of rotatable bonds is 12. The fraction of sp³-hybridized carbons (Fsp3) is 0.500. The molecular weight excluding hydrogens is 232 g/mol. The highest BCUT2D eigenvalue weighted by atomic mass is 16.1. The average molecular weight is 260 g/mol. The fourth-order valence-electron chi connectivity index (χ4n) is 1.67. The van der Waals surface area contributed by atoms with Crippen molar-refractivity contribution in [2.75, 3.05) is 0 Å². The van der Waals surface area contributed by atoms with E-state index in [0.29, 0.717) is 0 Å². The highest BCUT2D eigenvalue weighted by Gasteiger charge is 1.88. The molecule has 1 nitrogen and oxygen atoms in total. The van der Waals surface area contributed by atoms with E-state index in [1.54, 1.807) is 0 Å². The van der Waals surface area contributed by atoms with Crippen molar-refractivity contribution in [1.29, 1.82) is 0 Å². The zero-order valence-electron chi connectivity index (χ0n) is 12.3. The topological polar surface area (TPSA) is 17.1 Å². The molecule has 0 aliphatic heterocycles. The molecule has 0 aromatic carbocycles. The first-order chi connectivity index (χ1) is 9.41. The van der Waals surface area contributed by atoms with Gasteiger partial charge in [0.2, 0.25) is 0 Å². The third-order valence-corrected chi connectivity index (χ3v) is 2.76. The lowest BCUT2D eigenvalue weighted by Gasteiger charge is -1.96. The van der Waals surface area contributed by atoms with Crippen LogP contribution in [0.5, 0.6) is 0 Å². The van der Waals surface area contributed by atoms with Crippen molar-refractivity contribution in [3.8, 4) is 0 Å². The minimum absolute atomic E-state index is 0.728. The minimum Gasteiger partial charge on any atom is -0.303 e. The van der Waals surface area contributed by atoms with Crippen molar-refractivity contribution in [1.82, 2.24) is 0 Å². The van der Waals surface area contributed by atoms with E-state index in [0.717, 1.165) is 32.0 Å². The van der Waals surface area contributed by atoms with E-state index < -0.39 is 0 Å². The largest absolute Gasteiger partial charge is 0.303 e. The van der Waals surface area contributed by atoms with Gasteiger partial charge < -0.3 is 4.79 Å². The molecule has 0 spiro atoms. The third kappa shape index (κ3) is 16.6. The Labute approximate surface area is 118 Å². The summed E-state index contributed by atoms with van der Waals surface area (Å²) in [5, 5.41) is 0. The van der Waals surface area contributed by atoms with E-state index in [-0.39, 0.29) is 0 Å². The summed E-state index contributed by atoms with van der Waals surface area (Å²) in [6.45, 7) is 2.13. The fourth-order valence-corrected chi connectivity index (χ4v) is 1.67. The normalized spacial score (nSPS) is 12.5. The van der Waals surface area contributed by atoms with Gasteiger partial charge in [0.15, 0.2) is 0 Å². The summed E-state index contributed by atoms with van der Waals surface area (Å²) < 4.78 is 0. The molecule has 0 unspecified atom stereocenters. The monoisotopic (exact) mass is 260 g/mol. The molecule has 0 aliphatic rings. The predicted octanol–water partition coefficient (Wildman–Crippen LogP) is 5.55. The van der Waals surface area contributed by atoms with Crippen molar-refractivity contribution in [3.63, 3.8) is 0 Å². The lowest BCUT2D eigenvalue weighted by molar-refractivity contribution is -0.107. The summed E-state index contributed by atoms with van der Waals surface area (Å²) >= 11 is 0. The van der Waals surface area contributed by atoms with Gasteiger partial charge in [-0.2, -0.15) is 0 Å². The van der Waals surface area contributed by atoms with Crippen LogP contribution in [0.1, 0.15) is 58.3 Å². The predicted molar refractivity (Wildman–Crippen MR) is 85.2 cm³/mol. The van der Waals surface area contributed by atoms with Crippen molar-refractivity contribution < 1.29 is 4.79 Å². The first kappa shape index (κ1) is 17.6. The van der Waals surface area contributed by atoms with Gasteiger partial charge in [0.25, 0.3) is 0 Å². The Balaban J connectivity index is 3.33. The zero-order chi connectivity index (χ0) is 14.0. The maximum Gasteiger partial charge on any atom is 0.119 e. The Morgan fingerprint density at radius 1 is 0.632 bits per heavy atom. The maximum atomic E-state index is 10.1. The van der Waals surface area contributed by atoms with Crippen LogP contribution < -0.4 is 0 Å². The molecule has 0 atom stereocenters. The first-order valence-corrected chi connectivity index (χ1v) is 7.50. The van der Waals surface area contributed by atoms with Crippen molar-refractivity contribution in [3.05, 3.63) is 48.6 Å². The van der Waals surface area contributed by atoms with Crippen LogP contribution in [0.3, 0.4) is 0 Å². The summed E-state index contributed by atoms with van der Waals surface area (Å²) in [5.74, 6) is 0. The van der Waals surface area contributed by atoms with Gasteiger partial charge >= 0.3 is 0 Å². The van der Waals surface area contributed by atoms with Crippen LogP contribution in [0.25, 0.3) is 0 Å². The average Bonchev–Trinajstić information content (AvgIpc) is 2.43. The number of hydrogen-bond acceptors (Lipinski definition) is 1. The molecule has 0 aliphatic carbocycles. The lowest BCUT2D eigenvalue weighted by Crippen LogP contribution is -1.79. The molecule has 0 aromatic rings. The lowest BCUT2D eigenvalue weighted by atomic mass is 10.1. The third-order valence-electron chi connectivity index (χ3n) is 2.76. The number of hydrogen-bond donors (Lipinski definition) is 0. The molecule has 0 aromatic heterocycles. The van der Waals surface area contributed by atoms with Crippen LogP contribution in [0.15, 0.2) is 48.6 Å². The molecule has 0 N–H and O–H groups in total. The quantitative estimate of drug-likeness (QED) is 0.255. The van der Waals surface area contributed by atoms with Crippen molar-refractivity contribution in [2.45, 2.75) is 58.3 Å². The minimum atomic E-state index is 0.728. The number of aldehydes is 1. The second kappa shape index (κ2) is 16.6. The number of carbonyl (C=O) groups excluding carboxylic acids is 1. The maximum absolute atomic E-state index is 10.1. The highest BCUT2D eigenvalue weighted by molar-refractivity contribution is 5.48. The SMILES string of the molecule is CC/C=C/C=C/C=C\C=C/CCCCCCCC=O. The number of allylic oxidation sites excluding steroid dienone is 8. The number of carbonyl (C=O) groups is 1. The van der Waals surface area contributed by atoms with Crippen LogP contribution in [0.4, 0.5) is 0 Å². The van der Waals surface area contributed by atoms with Gasteiger partial charge in [-0.3, -0.25) is 0 Å². The molecule has 19 heavy (non-hydrogen) atoms. The van der Waals surface area contributed by atoms with Crippen molar-refractivity contribution in [2.24, 2.45) is 0 Å². The van der Waals surface area contributed by atoms with E-state index in [1.165, 1.54) is 25.7 Å². The molecule has 0 saturated carbocycles. The molecule has 1 heteroatoms. The van der Waals surface area contributed by atoms with E-state index in [2.05, 4.69) is 43.4 Å². The molecule has 0 bridgehead atoms. The molecule has 0 fully saturated rings. The number of unbranched alkanes of at least 4 members (excludes halogenated alkanes) is 6. The van der Waals surface area contributed by atoms with E-state index >= 15 is 0 Å². The Kier molecular flexibility index (Phi) is 15.4. The van der Waals surface area contributed by atoms with Gasteiger partial charge in [-0.25, -0.2) is 0 Å². The molecular formula is C18H28O. The Morgan fingerprint density at radius 2 is 1.16 bits per heavy atom. The summed E-state index contributed by atoms with van der Waals surface area (Å²) in [4.78, 5) is 10.1. The first-order valence-electron chi connectivity index (χ1n) is 7.50. The summed E-state index contributed by atoms with van der Waals surface area (Å²) in [5.41, 5.74) is 0. The van der Waals surface area contributed by atoms with Gasteiger partial charge in [-0.15, -0.1) is 0 Å². The molecule has 0 saturated heterocycles. The standard InChI is InChI=1S/C18H28O/c1-2-3-4-5-6-7-8-9-10-11-12-13-14-15-16-17-18-19/h3-10,18H,2,11-17H2,1H3/b4-3+,6-5+,8-7-,10-9-. The van der Waals surface area contributed by atoms with E-state index in [9.17, 15) is 4.79 Å². The zero-order valence-corrected chi connectivity index (χ0v) is 12.3. The molecule has 0 heterocycles. The molecule has 106 valence electrons. The summed E-state index contributed by atoms with van der Waals surface area (Å²) in [6.07, 6.45) is 26.8. The van der Waals surface area contributed by atoms with Gasteiger partial charge in [0.05, 0.1) is 0 Å². The summed E-state index contributed by atoms with van der Waals surface area (Å²) in [7, 11) is 0. The van der Waals surface area contributed by atoms with Gasteiger partial charge in [-0.1, -0.05) is 74.8 Å². The second-order valence-electron chi connectivity index (χ2n) is 4.55. The van der Waals surface area contributed by atoms with Crippen LogP contribution >= 0.6 is 0 Å². The van der Waals surface area contributed by atoms with Crippen molar-refractivity contribution >= 4 is 6.29 Å². The molecule has 0 amide bonds. The van der Waals surface area contributed by atoms with Crippen LogP contribution in [-0.2, 0) is 4.79 Å². The van der Waals surface area contributed by atoms with E-state index in [4.69, 9.17) is 0 Å². The molecule has 0 radical (unpaired) electrons. The Bertz CT molecular complexity index is 295. The van der Waals surface area contributed by atoms with Crippen LogP contribution in [0, 0.1) is 0 Å². The van der Waals surface area contributed by atoms with E-state index in [1.807, 2.05) is 12.2 Å². The smallest absolute Gasteiger partial charge is 0.119 e. The molecule has 0 rings (SSSR count). The Morgan fingerprint density at radius 3 is 1.79 bits per heavy atom. The summed E-state index contributed by atoms with van der Waals surface area (Å²) in [6, 6.07) is 0. The Hall–Kier alpha value is -1.37. The van der Waals surface area contributed by atoms with Crippen LogP contribution in [0.2, 0.25) is 0 Å². The van der Waals surface area contributed by atoms with Gasteiger partial charge in [0, 0.05) is 6.42 Å². The van der Waals surface area contributed by atoms with Gasteiger partial charge in [0.1, 0.15) is 6.29 Å². The van der Waals surface area contributed by atoms with Gasteiger partial charge in [-0.05, 0) is 25.7 Å². The second-order valence-corrected chi connectivity index (χ2v) is 4.55. The van der Waals surface area contributed by atoms with Crippen LogP contribution in [-0.4, -0.2) is 6.29 Å². The highest BCUT2D eigenvalue weighted by Crippen LogP contribution is 2.06.